The van der Waals surface area contributed by atoms with Crippen LogP contribution >= 0.6 is 0 Å². The van der Waals surface area contributed by atoms with Crippen LogP contribution in [0.15, 0.2) is 10.9 Å². The van der Waals surface area contributed by atoms with Crippen LogP contribution in [0.3, 0.4) is 0 Å². The lowest BCUT2D eigenvalue weighted by Crippen LogP contribution is -2.31. The molecule has 4 nitrogen and oxygen atoms in total. The van der Waals surface area contributed by atoms with Gasteiger partial charge < -0.3 is 5.73 Å². The van der Waals surface area contributed by atoms with Gasteiger partial charge >= 0.3 is 0 Å². The van der Waals surface area contributed by atoms with Crippen molar-refractivity contribution in [1.29, 1.82) is 0 Å². The molecule has 1 atom stereocenters. The minimum absolute atomic E-state index is 0.0256. The molecule has 0 aliphatic rings. The average molecular weight is 181 g/mol. The number of nitrogens with two attached hydrogens (primary N) is 1. The van der Waals surface area contributed by atoms with Crippen molar-refractivity contribution < 1.29 is 0 Å². The van der Waals surface area contributed by atoms with Gasteiger partial charge in [-0.15, -0.1) is 0 Å². The molecule has 0 saturated carbocycles. The zero-order valence-corrected chi connectivity index (χ0v) is 8.24. The summed E-state index contributed by atoms with van der Waals surface area (Å²) in [4.78, 5) is 15.7. The number of hydrogen-bond donors (Lipinski definition) is 1. The van der Waals surface area contributed by atoms with Crippen molar-refractivity contribution in [1.82, 2.24) is 9.55 Å². The predicted molar refractivity (Wildman–Crippen MR) is 51.6 cm³/mol. The maximum absolute atomic E-state index is 11.5. The molecule has 1 unspecified atom stereocenters. The first kappa shape index (κ1) is 9.92. The number of nitrogens with zero attached hydrogens (tertiary/aromatic N) is 2. The molecule has 0 aliphatic heterocycles. The normalized spacial score (nSPS) is 12.9. The molecule has 1 aromatic heterocycles. The van der Waals surface area contributed by atoms with E-state index >= 15 is 0 Å². The minimum Gasteiger partial charge on any atom is -0.326 e. The minimum atomic E-state index is -0.0269. The van der Waals surface area contributed by atoms with E-state index in [0.29, 0.717) is 6.54 Å². The summed E-state index contributed by atoms with van der Waals surface area (Å²) in [6, 6.07) is 1.50. The number of aromatic nitrogens is 2. The van der Waals surface area contributed by atoms with Crippen molar-refractivity contribution >= 4 is 0 Å². The second kappa shape index (κ2) is 3.70. The molecular weight excluding hydrogens is 166 g/mol. The zero-order valence-electron chi connectivity index (χ0n) is 8.24. The van der Waals surface area contributed by atoms with Gasteiger partial charge in [0.15, 0.2) is 0 Å². The number of aryl methyl sites for hydroxylation is 2. The van der Waals surface area contributed by atoms with Crippen molar-refractivity contribution in [3.05, 3.63) is 27.9 Å². The first-order chi connectivity index (χ1) is 6.00. The van der Waals surface area contributed by atoms with Gasteiger partial charge in [0, 0.05) is 24.3 Å². The monoisotopic (exact) mass is 181 g/mol. The van der Waals surface area contributed by atoms with Gasteiger partial charge in [-0.2, -0.15) is 0 Å². The van der Waals surface area contributed by atoms with Crippen LogP contribution in [0.2, 0.25) is 0 Å². The van der Waals surface area contributed by atoms with Gasteiger partial charge in [-0.05, 0) is 20.8 Å². The molecule has 1 rings (SSSR count). The molecule has 1 heterocycles. The number of rotatable bonds is 2. The quantitative estimate of drug-likeness (QED) is 0.709. The summed E-state index contributed by atoms with van der Waals surface area (Å²) in [6.07, 6.45) is 0. The topological polar surface area (TPSA) is 60.9 Å². The van der Waals surface area contributed by atoms with Crippen molar-refractivity contribution in [2.45, 2.75) is 33.4 Å². The molecule has 2 N–H and O–H groups in total. The van der Waals surface area contributed by atoms with Gasteiger partial charge in [-0.3, -0.25) is 9.36 Å². The largest absolute Gasteiger partial charge is 0.326 e. The van der Waals surface area contributed by atoms with E-state index in [1.54, 1.807) is 4.57 Å². The summed E-state index contributed by atoms with van der Waals surface area (Å²) in [5.74, 6) is 0.724. The summed E-state index contributed by atoms with van der Waals surface area (Å²) in [7, 11) is 0. The second-order valence-corrected chi connectivity index (χ2v) is 3.37. The Hall–Kier alpha value is -1.16. The Morgan fingerprint density at radius 3 is 2.69 bits per heavy atom. The lowest BCUT2D eigenvalue weighted by Gasteiger charge is -2.11. The predicted octanol–water partition coefficient (Wildman–Crippen LogP) is 0.207. The van der Waals surface area contributed by atoms with Crippen LogP contribution in [0.5, 0.6) is 0 Å². The zero-order chi connectivity index (χ0) is 10.0. The smallest absolute Gasteiger partial charge is 0.253 e. The van der Waals surface area contributed by atoms with E-state index in [-0.39, 0.29) is 11.6 Å². The maximum atomic E-state index is 11.5. The molecule has 0 radical (unpaired) electrons. The Labute approximate surface area is 77.4 Å². The van der Waals surface area contributed by atoms with Crippen LogP contribution in [0, 0.1) is 13.8 Å². The van der Waals surface area contributed by atoms with Gasteiger partial charge in [-0.1, -0.05) is 0 Å². The van der Waals surface area contributed by atoms with Crippen molar-refractivity contribution in [2.24, 2.45) is 5.73 Å². The third kappa shape index (κ3) is 2.39. The van der Waals surface area contributed by atoms with Gasteiger partial charge in [0.1, 0.15) is 5.82 Å². The third-order valence-electron chi connectivity index (χ3n) is 1.80. The Balaban J connectivity index is 3.14. The Kier molecular flexibility index (Phi) is 2.83. The highest BCUT2D eigenvalue weighted by Crippen LogP contribution is 1.94. The SMILES string of the molecule is Cc1cc(=O)n(CC(C)N)c(C)n1. The molecule has 0 saturated heterocycles. The molecule has 1 aromatic rings. The summed E-state index contributed by atoms with van der Waals surface area (Å²) >= 11 is 0. The van der Waals surface area contributed by atoms with Gasteiger partial charge in [0.05, 0.1) is 0 Å². The fourth-order valence-corrected chi connectivity index (χ4v) is 1.27. The molecule has 0 spiro atoms. The van der Waals surface area contributed by atoms with Crippen LogP contribution in [0.1, 0.15) is 18.4 Å². The van der Waals surface area contributed by atoms with Gasteiger partial charge in [-0.25, -0.2) is 4.98 Å². The Bertz CT molecular complexity index is 354. The summed E-state index contributed by atoms with van der Waals surface area (Å²) in [6.45, 7) is 6.02. The maximum Gasteiger partial charge on any atom is 0.253 e. The fraction of sp³-hybridized carbons (Fsp3) is 0.556. The summed E-state index contributed by atoms with van der Waals surface area (Å²) < 4.78 is 1.59. The second-order valence-electron chi connectivity index (χ2n) is 3.37. The lowest BCUT2D eigenvalue weighted by atomic mass is 10.3. The lowest BCUT2D eigenvalue weighted by molar-refractivity contribution is 0.549. The first-order valence-corrected chi connectivity index (χ1v) is 4.31. The highest BCUT2D eigenvalue weighted by molar-refractivity contribution is 5.01. The standard InChI is InChI=1S/C9H15N3O/c1-6(10)5-12-8(3)11-7(2)4-9(12)13/h4,6H,5,10H2,1-3H3. The highest BCUT2D eigenvalue weighted by atomic mass is 16.1. The molecule has 0 amide bonds. The molecule has 0 aliphatic carbocycles. The molecule has 72 valence electrons. The molecule has 13 heavy (non-hydrogen) atoms. The summed E-state index contributed by atoms with van der Waals surface area (Å²) in [5.41, 5.74) is 6.34. The molecule has 0 aromatic carbocycles. The summed E-state index contributed by atoms with van der Waals surface area (Å²) in [5, 5.41) is 0. The van der Waals surface area contributed by atoms with Crippen LogP contribution < -0.4 is 11.3 Å². The molecular formula is C9H15N3O. The van der Waals surface area contributed by atoms with E-state index in [0.717, 1.165) is 11.5 Å². The van der Waals surface area contributed by atoms with Crippen LogP contribution in [0.25, 0.3) is 0 Å². The molecule has 0 fully saturated rings. The molecule has 4 heteroatoms. The Morgan fingerprint density at radius 2 is 2.23 bits per heavy atom. The van der Waals surface area contributed by atoms with E-state index in [1.165, 1.54) is 6.07 Å². The highest BCUT2D eigenvalue weighted by Gasteiger charge is 2.04. The van der Waals surface area contributed by atoms with Crippen molar-refractivity contribution in [3.8, 4) is 0 Å². The van der Waals surface area contributed by atoms with E-state index in [9.17, 15) is 4.79 Å². The van der Waals surface area contributed by atoms with E-state index in [4.69, 9.17) is 5.73 Å². The van der Waals surface area contributed by atoms with Gasteiger partial charge in [0.25, 0.3) is 5.56 Å². The average Bonchev–Trinajstić information content (AvgIpc) is 1.96. The van der Waals surface area contributed by atoms with E-state index < -0.39 is 0 Å². The number of hydrogen-bond acceptors (Lipinski definition) is 3. The van der Waals surface area contributed by atoms with Crippen molar-refractivity contribution in [3.63, 3.8) is 0 Å². The Morgan fingerprint density at radius 1 is 1.62 bits per heavy atom. The fourth-order valence-electron chi connectivity index (χ4n) is 1.27. The van der Waals surface area contributed by atoms with Crippen molar-refractivity contribution in [2.75, 3.05) is 0 Å². The van der Waals surface area contributed by atoms with Gasteiger partial charge in [0.2, 0.25) is 0 Å². The molecule has 0 bridgehead atoms. The van der Waals surface area contributed by atoms with E-state index in [1.807, 2.05) is 20.8 Å². The van der Waals surface area contributed by atoms with E-state index in [2.05, 4.69) is 4.98 Å². The first-order valence-electron chi connectivity index (χ1n) is 4.31. The van der Waals surface area contributed by atoms with Crippen LogP contribution in [-0.4, -0.2) is 15.6 Å². The van der Waals surface area contributed by atoms with Crippen LogP contribution in [-0.2, 0) is 6.54 Å². The van der Waals surface area contributed by atoms with Crippen LogP contribution in [0.4, 0.5) is 0 Å². The third-order valence-corrected chi connectivity index (χ3v) is 1.80.